The van der Waals surface area contributed by atoms with Crippen LogP contribution in [-0.2, 0) is 10.0 Å². The Morgan fingerprint density at radius 2 is 1.77 bits per heavy atom. The van der Waals surface area contributed by atoms with Crippen LogP contribution in [0, 0.1) is 6.92 Å². The van der Waals surface area contributed by atoms with Crippen molar-refractivity contribution >= 4 is 38.2 Å². The van der Waals surface area contributed by atoms with Crippen LogP contribution in [0.3, 0.4) is 0 Å². The molecule has 4 aromatic rings. The molecule has 0 aliphatic rings. The normalized spacial score (nSPS) is 12.8. The van der Waals surface area contributed by atoms with Crippen LogP contribution >= 0.6 is 11.6 Å². The zero-order valence-electron chi connectivity index (χ0n) is 16.4. The van der Waals surface area contributed by atoms with Crippen molar-refractivity contribution < 1.29 is 8.42 Å². The van der Waals surface area contributed by atoms with Gasteiger partial charge in [-0.05, 0) is 55.3 Å². The van der Waals surface area contributed by atoms with Crippen LogP contribution in [0.2, 0.25) is 5.02 Å². The summed E-state index contributed by atoms with van der Waals surface area (Å²) in [5.74, 6) is 0. The Balaban J connectivity index is 1.72. The molecule has 8 heteroatoms. The maximum atomic E-state index is 12.8. The monoisotopic (exact) mass is 441 g/mol. The molecule has 0 aliphatic heterocycles. The van der Waals surface area contributed by atoms with E-state index in [1.54, 1.807) is 41.9 Å². The van der Waals surface area contributed by atoms with E-state index in [0.717, 1.165) is 5.56 Å². The fourth-order valence-electron chi connectivity index (χ4n) is 3.50. The lowest BCUT2D eigenvalue weighted by atomic mass is 10.1. The molecule has 0 saturated heterocycles. The third-order valence-electron chi connectivity index (χ3n) is 5.15. The topological polar surface area (TPSA) is 84.0 Å². The van der Waals surface area contributed by atoms with Crippen molar-refractivity contribution in [1.82, 2.24) is 9.78 Å². The number of nitrogens with one attached hydrogen (secondary N) is 2. The second-order valence-corrected chi connectivity index (χ2v) is 9.16. The van der Waals surface area contributed by atoms with Gasteiger partial charge in [-0.3, -0.25) is 19.3 Å². The second kappa shape index (κ2) is 7.66. The van der Waals surface area contributed by atoms with Crippen LogP contribution < -0.4 is 10.3 Å². The Morgan fingerprint density at radius 1 is 1.03 bits per heavy atom. The summed E-state index contributed by atoms with van der Waals surface area (Å²) >= 11 is 6.06. The van der Waals surface area contributed by atoms with E-state index in [2.05, 4.69) is 9.82 Å². The van der Waals surface area contributed by atoms with Crippen LogP contribution in [0.15, 0.2) is 76.4 Å². The minimum Gasteiger partial charge on any atom is -0.280 e. The zero-order chi connectivity index (χ0) is 21.5. The number of aromatic amines is 1. The van der Waals surface area contributed by atoms with E-state index in [0.29, 0.717) is 27.2 Å². The van der Waals surface area contributed by atoms with E-state index in [1.165, 1.54) is 6.07 Å². The first-order chi connectivity index (χ1) is 14.3. The Bertz CT molecular complexity index is 1390. The highest BCUT2D eigenvalue weighted by Gasteiger charge is 2.20. The molecule has 1 atom stereocenters. The minimum absolute atomic E-state index is 0.0898. The maximum Gasteiger partial charge on any atom is 0.272 e. The number of fused-ring (bicyclic) bond motifs is 1. The highest BCUT2D eigenvalue weighted by molar-refractivity contribution is 7.92. The van der Waals surface area contributed by atoms with Gasteiger partial charge in [-0.2, -0.15) is 0 Å². The Morgan fingerprint density at radius 3 is 2.50 bits per heavy atom. The highest BCUT2D eigenvalue weighted by Crippen LogP contribution is 2.27. The number of halogens is 1. The lowest BCUT2D eigenvalue weighted by Crippen LogP contribution is -2.14. The number of anilines is 1. The number of benzene rings is 3. The van der Waals surface area contributed by atoms with Gasteiger partial charge in [0, 0.05) is 10.7 Å². The van der Waals surface area contributed by atoms with Crippen molar-refractivity contribution in [3.05, 3.63) is 93.2 Å². The van der Waals surface area contributed by atoms with Gasteiger partial charge < -0.3 is 0 Å². The van der Waals surface area contributed by atoms with Gasteiger partial charge >= 0.3 is 0 Å². The largest absolute Gasteiger partial charge is 0.280 e. The van der Waals surface area contributed by atoms with Crippen molar-refractivity contribution in [3.63, 3.8) is 0 Å². The predicted molar refractivity (Wildman–Crippen MR) is 120 cm³/mol. The van der Waals surface area contributed by atoms with Crippen molar-refractivity contribution in [3.8, 4) is 0 Å². The lowest BCUT2D eigenvalue weighted by Gasteiger charge is -2.15. The Kier molecular flexibility index (Phi) is 5.17. The average molecular weight is 442 g/mol. The van der Waals surface area contributed by atoms with Crippen LogP contribution in [0.25, 0.3) is 10.9 Å². The summed E-state index contributed by atoms with van der Waals surface area (Å²) in [5.41, 5.74) is 2.23. The zero-order valence-corrected chi connectivity index (χ0v) is 18.0. The molecule has 0 amide bonds. The molecule has 1 aromatic heterocycles. The molecule has 6 nitrogen and oxygen atoms in total. The van der Waals surface area contributed by atoms with Crippen molar-refractivity contribution in [1.29, 1.82) is 0 Å². The SMILES string of the molecule is Cc1c(Cl)cccc1S(=O)(=O)Nc1ccc2c(c1)c(=O)[nH]n2C(C)c1ccccc1. The Hall–Kier alpha value is -3.03. The number of hydrogen-bond acceptors (Lipinski definition) is 3. The molecular weight excluding hydrogens is 422 g/mol. The van der Waals surface area contributed by atoms with Gasteiger partial charge in [0.25, 0.3) is 15.6 Å². The quantitative estimate of drug-likeness (QED) is 0.470. The third-order valence-corrected chi connectivity index (χ3v) is 7.09. The molecule has 2 N–H and O–H groups in total. The molecule has 30 heavy (non-hydrogen) atoms. The number of aromatic nitrogens is 2. The van der Waals surface area contributed by atoms with Crippen LogP contribution in [-0.4, -0.2) is 18.2 Å². The molecule has 0 aliphatic carbocycles. The first-order valence-electron chi connectivity index (χ1n) is 9.35. The van der Waals surface area contributed by atoms with Gasteiger partial charge in [0.1, 0.15) is 0 Å². The third kappa shape index (κ3) is 3.62. The predicted octanol–water partition coefficient (Wildman–Crippen LogP) is 4.70. The van der Waals surface area contributed by atoms with Gasteiger partial charge in [-0.1, -0.05) is 48.0 Å². The smallest absolute Gasteiger partial charge is 0.272 e. The standard InChI is InChI=1S/C22H20ClN3O3S/c1-14-19(23)9-6-10-21(14)30(28,29)25-17-11-12-20-18(13-17)22(27)24-26(20)15(2)16-7-4-3-5-8-16/h3-13,15,25H,1-2H3,(H,24,27). The number of hydrogen-bond donors (Lipinski definition) is 2. The molecule has 154 valence electrons. The molecule has 0 spiro atoms. The summed E-state index contributed by atoms with van der Waals surface area (Å²) in [4.78, 5) is 12.6. The lowest BCUT2D eigenvalue weighted by molar-refractivity contribution is 0.579. The van der Waals surface area contributed by atoms with Gasteiger partial charge in [0.2, 0.25) is 0 Å². The maximum absolute atomic E-state index is 12.8. The molecule has 4 rings (SSSR count). The van der Waals surface area contributed by atoms with Gasteiger partial charge in [-0.25, -0.2) is 8.42 Å². The average Bonchev–Trinajstić information content (AvgIpc) is 3.05. The van der Waals surface area contributed by atoms with Crippen molar-refractivity contribution in [2.24, 2.45) is 0 Å². The summed E-state index contributed by atoms with van der Waals surface area (Å²) in [6, 6.07) is 19.3. The molecular formula is C22H20ClN3O3S. The molecule has 3 aromatic carbocycles. The Labute approximate surface area is 179 Å². The fraction of sp³-hybridized carbons (Fsp3) is 0.136. The molecule has 0 radical (unpaired) electrons. The van der Waals surface area contributed by atoms with Crippen LogP contribution in [0.5, 0.6) is 0 Å². The molecule has 0 fully saturated rings. The summed E-state index contributed by atoms with van der Waals surface area (Å²) in [5, 5.41) is 3.63. The number of nitrogens with zero attached hydrogens (tertiary/aromatic N) is 1. The highest BCUT2D eigenvalue weighted by atomic mass is 35.5. The molecule has 1 unspecified atom stereocenters. The summed E-state index contributed by atoms with van der Waals surface area (Å²) in [7, 11) is -3.85. The van der Waals surface area contributed by atoms with E-state index < -0.39 is 10.0 Å². The van der Waals surface area contributed by atoms with E-state index in [9.17, 15) is 13.2 Å². The molecule has 1 heterocycles. The van der Waals surface area contributed by atoms with Crippen LogP contribution in [0.4, 0.5) is 5.69 Å². The van der Waals surface area contributed by atoms with Crippen molar-refractivity contribution in [2.75, 3.05) is 4.72 Å². The first kappa shape index (κ1) is 20.3. The minimum atomic E-state index is -3.85. The molecule has 0 bridgehead atoms. The number of H-pyrrole nitrogens is 1. The van der Waals surface area contributed by atoms with Gasteiger partial charge in [0.05, 0.1) is 21.8 Å². The van der Waals surface area contributed by atoms with E-state index >= 15 is 0 Å². The second-order valence-electron chi connectivity index (χ2n) is 7.10. The summed E-state index contributed by atoms with van der Waals surface area (Å²) < 4.78 is 30.0. The number of sulfonamides is 1. The fourth-order valence-corrected chi connectivity index (χ4v) is 5.04. The first-order valence-corrected chi connectivity index (χ1v) is 11.2. The summed E-state index contributed by atoms with van der Waals surface area (Å²) in [6.45, 7) is 3.64. The van der Waals surface area contributed by atoms with E-state index in [1.807, 2.05) is 37.3 Å². The van der Waals surface area contributed by atoms with Crippen molar-refractivity contribution in [2.45, 2.75) is 24.8 Å². The number of rotatable bonds is 5. The van der Waals surface area contributed by atoms with Gasteiger partial charge in [0.15, 0.2) is 0 Å². The molecule has 0 saturated carbocycles. The van der Waals surface area contributed by atoms with E-state index in [4.69, 9.17) is 11.6 Å². The van der Waals surface area contributed by atoms with Crippen LogP contribution in [0.1, 0.15) is 24.1 Å². The van der Waals surface area contributed by atoms with Gasteiger partial charge in [-0.15, -0.1) is 0 Å². The summed E-state index contributed by atoms with van der Waals surface area (Å²) in [6.07, 6.45) is 0. The van der Waals surface area contributed by atoms with E-state index in [-0.39, 0.29) is 16.5 Å².